The van der Waals surface area contributed by atoms with Crippen molar-refractivity contribution in [1.29, 1.82) is 0 Å². The van der Waals surface area contributed by atoms with Crippen LogP contribution in [0, 0.1) is 5.92 Å². The fourth-order valence-electron chi connectivity index (χ4n) is 5.31. The third kappa shape index (κ3) is 4.79. The van der Waals surface area contributed by atoms with Gasteiger partial charge < -0.3 is 20.1 Å². The van der Waals surface area contributed by atoms with E-state index in [4.69, 9.17) is 4.74 Å². The molecule has 2 N–H and O–H groups in total. The van der Waals surface area contributed by atoms with Gasteiger partial charge >= 0.3 is 12.1 Å². The molecule has 0 bridgehead atoms. The predicted octanol–water partition coefficient (Wildman–Crippen LogP) is 4.41. The van der Waals surface area contributed by atoms with Crippen LogP contribution in [0.25, 0.3) is 11.1 Å². The van der Waals surface area contributed by atoms with E-state index in [1.54, 1.807) is 0 Å². The topological polar surface area (TPSA) is 95.9 Å². The molecule has 1 aliphatic heterocycles. The molecule has 2 unspecified atom stereocenters. The van der Waals surface area contributed by atoms with Crippen molar-refractivity contribution >= 4 is 18.0 Å². The van der Waals surface area contributed by atoms with E-state index in [2.05, 4.69) is 29.6 Å². The first-order valence-corrected chi connectivity index (χ1v) is 12.0. The number of carboxylic acid groups (broad SMARTS) is 1. The van der Waals surface area contributed by atoms with Gasteiger partial charge in [0.15, 0.2) is 0 Å². The van der Waals surface area contributed by atoms with Crippen molar-refractivity contribution in [3.63, 3.8) is 0 Å². The fraction of sp³-hybridized carbons (Fsp3) is 0.444. The molecule has 2 amide bonds. The van der Waals surface area contributed by atoms with Gasteiger partial charge in [-0.2, -0.15) is 0 Å². The second-order valence-electron chi connectivity index (χ2n) is 9.30. The van der Waals surface area contributed by atoms with Crippen LogP contribution in [0.15, 0.2) is 48.5 Å². The molecule has 4 rings (SSSR count). The average Bonchev–Trinajstić information content (AvgIpc) is 3.36. The number of benzene rings is 2. The first-order chi connectivity index (χ1) is 16.4. The van der Waals surface area contributed by atoms with Crippen molar-refractivity contribution in [1.82, 2.24) is 10.2 Å². The predicted molar refractivity (Wildman–Crippen MR) is 128 cm³/mol. The molecular weight excluding hydrogens is 432 g/mol. The van der Waals surface area contributed by atoms with Gasteiger partial charge in [0.2, 0.25) is 5.91 Å². The molecule has 0 spiro atoms. The highest BCUT2D eigenvalue weighted by Crippen LogP contribution is 2.44. The maximum atomic E-state index is 12.9. The van der Waals surface area contributed by atoms with Crippen molar-refractivity contribution in [3.8, 4) is 11.1 Å². The van der Waals surface area contributed by atoms with Crippen LogP contribution >= 0.6 is 0 Å². The van der Waals surface area contributed by atoms with Gasteiger partial charge in [-0.1, -0.05) is 68.8 Å². The van der Waals surface area contributed by atoms with E-state index in [1.807, 2.05) is 38.1 Å². The Labute approximate surface area is 200 Å². The summed E-state index contributed by atoms with van der Waals surface area (Å²) in [4.78, 5) is 38.6. The number of carboxylic acids is 1. The lowest BCUT2D eigenvalue weighted by Crippen LogP contribution is -2.46. The number of nitrogens with one attached hydrogen (secondary N) is 1. The molecule has 1 fully saturated rings. The van der Waals surface area contributed by atoms with E-state index in [1.165, 1.54) is 4.90 Å². The summed E-state index contributed by atoms with van der Waals surface area (Å²) < 4.78 is 5.63. The Bertz CT molecular complexity index is 1020. The van der Waals surface area contributed by atoms with Crippen molar-refractivity contribution in [2.24, 2.45) is 5.92 Å². The molecule has 2 aromatic carbocycles. The lowest BCUT2D eigenvalue weighted by molar-refractivity contribution is -0.149. The van der Waals surface area contributed by atoms with Crippen molar-refractivity contribution in [3.05, 3.63) is 59.7 Å². The Hall–Kier alpha value is -3.35. The normalized spacial score (nSPS) is 19.9. The Morgan fingerprint density at radius 2 is 1.71 bits per heavy atom. The average molecular weight is 465 g/mol. The summed E-state index contributed by atoms with van der Waals surface area (Å²) in [6, 6.07) is 15.1. The molecule has 2 aromatic rings. The van der Waals surface area contributed by atoms with Gasteiger partial charge in [0.25, 0.3) is 0 Å². The molecule has 1 aliphatic carbocycles. The smallest absolute Gasteiger partial charge is 0.407 e. The van der Waals surface area contributed by atoms with Gasteiger partial charge in [0, 0.05) is 24.9 Å². The van der Waals surface area contributed by atoms with E-state index in [9.17, 15) is 19.5 Å². The quantitative estimate of drug-likeness (QED) is 0.604. The van der Waals surface area contributed by atoms with E-state index in [0.29, 0.717) is 19.4 Å². The summed E-state index contributed by atoms with van der Waals surface area (Å²) in [5, 5.41) is 12.4. The molecule has 7 nitrogen and oxygen atoms in total. The number of hydrogen-bond acceptors (Lipinski definition) is 4. The molecule has 2 aliphatic rings. The zero-order chi connectivity index (χ0) is 24.2. The molecule has 1 saturated heterocycles. The first kappa shape index (κ1) is 23.8. The van der Waals surface area contributed by atoms with Gasteiger partial charge in [0.05, 0.1) is 0 Å². The van der Waals surface area contributed by atoms with Gasteiger partial charge in [-0.05, 0) is 41.0 Å². The number of ether oxygens (including phenoxy) is 1. The SMILES string of the molecule is CCC[C@@H](CC(=O)N1CCC(C)C1C(=O)O)NC(=O)OCC1c2ccccc2-c2ccccc21. The summed E-state index contributed by atoms with van der Waals surface area (Å²) in [5.74, 6) is -1.34. The standard InChI is InChI=1S/C27H32N2O5/c1-3-8-18(15-24(30)29-14-13-17(2)25(29)26(31)32)28-27(33)34-16-23-21-11-6-4-9-19(21)20-10-5-7-12-22(20)23/h4-7,9-12,17-18,23,25H,3,8,13-16H2,1-2H3,(H,28,33)(H,31,32)/t17?,18-,25?/m0/s1. The monoisotopic (exact) mass is 464 g/mol. The molecule has 3 atom stereocenters. The third-order valence-electron chi connectivity index (χ3n) is 7.00. The third-order valence-corrected chi connectivity index (χ3v) is 7.00. The van der Waals surface area contributed by atoms with Crippen LogP contribution in [-0.4, -0.2) is 53.2 Å². The minimum Gasteiger partial charge on any atom is -0.480 e. The highest BCUT2D eigenvalue weighted by atomic mass is 16.5. The highest BCUT2D eigenvalue weighted by molar-refractivity contribution is 5.85. The number of fused-ring (bicyclic) bond motifs is 3. The van der Waals surface area contributed by atoms with E-state index in [-0.39, 0.29) is 30.8 Å². The van der Waals surface area contributed by atoms with Crippen LogP contribution in [0.2, 0.25) is 0 Å². The maximum absolute atomic E-state index is 12.9. The Morgan fingerprint density at radius 1 is 1.09 bits per heavy atom. The zero-order valence-electron chi connectivity index (χ0n) is 19.7. The molecular formula is C27H32N2O5. The second kappa shape index (κ2) is 10.3. The van der Waals surface area contributed by atoms with Crippen LogP contribution in [0.4, 0.5) is 4.79 Å². The molecule has 0 radical (unpaired) electrons. The Morgan fingerprint density at radius 3 is 2.29 bits per heavy atom. The van der Waals surface area contributed by atoms with Crippen molar-refractivity contribution < 1.29 is 24.2 Å². The van der Waals surface area contributed by atoms with Gasteiger partial charge in [0.1, 0.15) is 12.6 Å². The van der Waals surface area contributed by atoms with Gasteiger partial charge in [-0.3, -0.25) is 4.79 Å². The van der Waals surface area contributed by atoms with Crippen molar-refractivity contribution in [2.75, 3.05) is 13.2 Å². The number of aliphatic carboxylic acids is 1. The largest absolute Gasteiger partial charge is 0.480 e. The summed E-state index contributed by atoms with van der Waals surface area (Å²) in [5.41, 5.74) is 4.60. The van der Waals surface area contributed by atoms with E-state index in [0.717, 1.165) is 28.7 Å². The number of alkyl carbamates (subject to hydrolysis) is 1. The molecule has 0 aromatic heterocycles. The molecule has 180 valence electrons. The molecule has 34 heavy (non-hydrogen) atoms. The van der Waals surface area contributed by atoms with Gasteiger partial charge in [-0.25, -0.2) is 9.59 Å². The minimum absolute atomic E-state index is 0.0354. The lowest BCUT2D eigenvalue weighted by atomic mass is 9.98. The summed E-state index contributed by atoms with van der Waals surface area (Å²) in [7, 11) is 0. The zero-order valence-corrected chi connectivity index (χ0v) is 19.7. The highest BCUT2D eigenvalue weighted by Gasteiger charge is 2.40. The number of hydrogen-bond donors (Lipinski definition) is 2. The second-order valence-corrected chi connectivity index (χ2v) is 9.30. The fourth-order valence-corrected chi connectivity index (χ4v) is 5.31. The van der Waals surface area contributed by atoms with Crippen LogP contribution in [-0.2, 0) is 14.3 Å². The number of likely N-dealkylation sites (tertiary alicyclic amines) is 1. The number of rotatable bonds is 8. The van der Waals surface area contributed by atoms with Crippen LogP contribution < -0.4 is 5.32 Å². The summed E-state index contributed by atoms with van der Waals surface area (Å²) in [6.07, 6.45) is 1.56. The minimum atomic E-state index is -0.977. The summed E-state index contributed by atoms with van der Waals surface area (Å²) in [6.45, 7) is 4.47. The lowest BCUT2D eigenvalue weighted by Gasteiger charge is -2.26. The number of carbonyl (C=O) groups excluding carboxylic acids is 2. The van der Waals surface area contributed by atoms with Crippen LogP contribution in [0.3, 0.4) is 0 Å². The number of nitrogens with zero attached hydrogens (tertiary/aromatic N) is 1. The Kier molecular flexibility index (Phi) is 7.20. The molecule has 7 heteroatoms. The Balaban J connectivity index is 1.38. The number of carbonyl (C=O) groups is 3. The molecule has 0 saturated carbocycles. The van der Waals surface area contributed by atoms with E-state index >= 15 is 0 Å². The van der Waals surface area contributed by atoms with E-state index < -0.39 is 24.1 Å². The summed E-state index contributed by atoms with van der Waals surface area (Å²) >= 11 is 0. The van der Waals surface area contributed by atoms with Gasteiger partial charge in [-0.15, -0.1) is 0 Å². The van der Waals surface area contributed by atoms with Crippen molar-refractivity contribution in [2.45, 2.75) is 57.5 Å². The number of amides is 2. The molecule has 1 heterocycles. The first-order valence-electron chi connectivity index (χ1n) is 12.0. The van der Waals surface area contributed by atoms with Crippen LogP contribution in [0.5, 0.6) is 0 Å². The van der Waals surface area contributed by atoms with Crippen LogP contribution in [0.1, 0.15) is 56.6 Å². The maximum Gasteiger partial charge on any atom is 0.407 e.